The minimum Gasteiger partial charge on any atom is -0.495 e. The average Bonchev–Trinajstić information content (AvgIpc) is 3.84. The molecule has 3 N–H and O–H groups in total. The number of carbonyl (C=O) groups is 2. The summed E-state index contributed by atoms with van der Waals surface area (Å²) in [6.45, 7) is 8.02. The molecule has 0 radical (unpaired) electrons. The molecule has 1 aromatic heterocycles. The van der Waals surface area contributed by atoms with Gasteiger partial charge in [0, 0.05) is 57.4 Å². The lowest BCUT2D eigenvalue weighted by atomic mass is 9.89. The Morgan fingerprint density at radius 1 is 1.10 bits per heavy atom. The molecule has 1 atom stereocenters. The second kappa shape index (κ2) is 12.4. The van der Waals surface area contributed by atoms with E-state index in [2.05, 4.69) is 35.7 Å². The third kappa shape index (κ3) is 6.32. The highest BCUT2D eigenvalue weighted by Crippen LogP contribution is 2.33. The number of hydrogen-bond acceptors (Lipinski definition) is 9. The molecule has 6 rings (SSSR count). The molecule has 11 nitrogen and oxygen atoms in total. The van der Waals surface area contributed by atoms with E-state index in [-0.39, 0.29) is 23.9 Å². The molecule has 0 unspecified atom stereocenters. The Morgan fingerprint density at radius 2 is 1.86 bits per heavy atom. The van der Waals surface area contributed by atoms with Crippen LogP contribution in [0.15, 0.2) is 24.4 Å². The molecular weight excluding hydrogens is 532 g/mol. The first kappa shape index (κ1) is 28.7. The number of benzene rings is 1. The van der Waals surface area contributed by atoms with E-state index >= 15 is 0 Å². The fraction of sp³-hybridized carbons (Fsp3) is 0.613. The fourth-order valence-electron chi connectivity index (χ4n) is 6.53. The van der Waals surface area contributed by atoms with Gasteiger partial charge in [0.1, 0.15) is 17.5 Å². The molecule has 3 fully saturated rings. The zero-order valence-corrected chi connectivity index (χ0v) is 25.1. The molecule has 11 heteroatoms. The summed E-state index contributed by atoms with van der Waals surface area (Å²) >= 11 is 0. The number of nitrogens with one attached hydrogen (secondary N) is 3. The van der Waals surface area contributed by atoms with Crippen LogP contribution >= 0.6 is 0 Å². The molecule has 0 spiro atoms. The van der Waals surface area contributed by atoms with Gasteiger partial charge < -0.3 is 30.5 Å². The maximum atomic E-state index is 13.2. The standard InChI is InChI=1S/C31H44N8O3/c1-4-24-30(41)37(2)26-18-32-31(36-28(26)34-24)35-25-12-7-21(17-27(25)42-3)29(40)33-22-8-10-23(11-9-22)39-15-13-38(14-16-39)19-20-5-6-20/h7,12,17-18,20,22-24H,4-6,8-11,13-16,19H2,1-3H3,(H,33,40)(H2,32,34,35,36)/t22?,23?,24-/m1/s1. The van der Waals surface area contributed by atoms with E-state index in [1.54, 1.807) is 37.4 Å². The number of methoxy groups -OCH3 is 1. The van der Waals surface area contributed by atoms with E-state index in [1.165, 1.54) is 45.6 Å². The van der Waals surface area contributed by atoms with Crippen LogP contribution in [-0.4, -0.2) is 96.6 Å². The van der Waals surface area contributed by atoms with Crippen molar-refractivity contribution in [2.24, 2.45) is 5.92 Å². The van der Waals surface area contributed by atoms with Crippen LogP contribution in [0.2, 0.25) is 0 Å². The van der Waals surface area contributed by atoms with Crippen molar-refractivity contribution in [3.05, 3.63) is 30.0 Å². The molecule has 4 aliphatic rings. The molecule has 3 heterocycles. The second-order valence-corrected chi connectivity index (χ2v) is 12.2. The van der Waals surface area contributed by atoms with Gasteiger partial charge >= 0.3 is 0 Å². The maximum absolute atomic E-state index is 13.2. The summed E-state index contributed by atoms with van der Waals surface area (Å²) in [6, 6.07) is 5.88. The quantitative estimate of drug-likeness (QED) is 0.413. The van der Waals surface area contributed by atoms with E-state index in [0.717, 1.165) is 31.6 Å². The van der Waals surface area contributed by atoms with Gasteiger partial charge in [-0.25, -0.2) is 4.98 Å². The number of rotatable bonds is 9. The van der Waals surface area contributed by atoms with Crippen molar-refractivity contribution < 1.29 is 14.3 Å². The van der Waals surface area contributed by atoms with Crippen LogP contribution in [0.1, 0.15) is 62.2 Å². The Morgan fingerprint density at radius 3 is 2.55 bits per heavy atom. The Kier molecular flexibility index (Phi) is 8.48. The summed E-state index contributed by atoms with van der Waals surface area (Å²) < 4.78 is 5.61. The summed E-state index contributed by atoms with van der Waals surface area (Å²) in [5.74, 6) is 2.38. The molecule has 2 aliphatic heterocycles. The van der Waals surface area contributed by atoms with E-state index in [9.17, 15) is 9.59 Å². The van der Waals surface area contributed by atoms with Gasteiger partial charge in [-0.3, -0.25) is 14.5 Å². The number of ether oxygens (including phenoxy) is 1. The third-order valence-corrected chi connectivity index (χ3v) is 9.36. The highest BCUT2D eigenvalue weighted by Gasteiger charge is 2.32. The van der Waals surface area contributed by atoms with Crippen LogP contribution in [-0.2, 0) is 4.79 Å². The van der Waals surface area contributed by atoms with Crippen LogP contribution in [0.25, 0.3) is 0 Å². The minimum absolute atomic E-state index is 0.00431. The predicted molar refractivity (Wildman–Crippen MR) is 164 cm³/mol. The summed E-state index contributed by atoms with van der Waals surface area (Å²) in [6.07, 6.45) is 9.43. The SMILES string of the molecule is CC[C@H]1Nc2nc(Nc3ccc(C(=O)NC4CCC(N5CCN(CC6CC6)CC5)CC4)cc3OC)ncc2N(C)C1=O. The van der Waals surface area contributed by atoms with Gasteiger partial charge in [0.2, 0.25) is 11.9 Å². The Labute approximate surface area is 248 Å². The van der Waals surface area contributed by atoms with Crippen LogP contribution in [0, 0.1) is 5.92 Å². The highest BCUT2D eigenvalue weighted by atomic mass is 16.5. The van der Waals surface area contributed by atoms with Gasteiger partial charge in [0.05, 0.1) is 19.0 Å². The Bertz CT molecular complexity index is 1280. The fourth-order valence-corrected chi connectivity index (χ4v) is 6.53. The smallest absolute Gasteiger partial charge is 0.251 e. The molecule has 2 amide bonds. The van der Waals surface area contributed by atoms with Crippen LogP contribution in [0.4, 0.5) is 23.1 Å². The molecule has 1 aromatic carbocycles. The third-order valence-electron chi connectivity index (χ3n) is 9.36. The van der Waals surface area contributed by atoms with Crippen molar-refractivity contribution in [1.82, 2.24) is 25.1 Å². The number of aromatic nitrogens is 2. The first-order valence-electron chi connectivity index (χ1n) is 15.5. The number of piperazine rings is 1. The van der Waals surface area contributed by atoms with Crippen molar-refractivity contribution in [2.75, 3.05) is 62.4 Å². The summed E-state index contributed by atoms with van der Waals surface area (Å²) in [5.41, 5.74) is 1.85. The minimum atomic E-state index is -0.319. The van der Waals surface area contributed by atoms with Crippen molar-refractivity contribution in [1.29, 1.82) is 0 Å². The van der Waals surface area contributed by atoms with Crippen LogP contribution in [0.3, 0.4) is 0 Å². The normalized spacial score (nSPS) is 25.0. The van der Waals surface area contributed by atoms with Crippen molar-refractivity contribution in [3.63, 3.8) is 0 Å². The number of nitrogens with zero attached hydrogens (tertiary/aromatic N) is 5. The number of amides is 2. The lowest BCUT2D eigenvalue weighted by Crippen LogP contribution is -2.52. The summed E-state index contributed by atoms with van der Waals surface area (Å²) in [5, 5.41) is 9.66. The van der Waals surface area contributed by atoms with Crippen LogP contribution in [0.5, 0.6) is 5.75 Å². The Balaban J connectivity index is 1.02. The zero-order valence-electron chi connectivity index (χ0n) is 25.1. The molecule has 2 aliphatic carbocycles. The van der Waals surface area contributed by atoms with E-state index in [4.69, 9.17) is 4.74 Å². The number of hydrogen-bond donors (Lipinski definition) is 3. The first-order valence-corrected chi connectivity index (χ1v) is 15.5. The van der Waals surface area contributed by atoms with Crippen molar-refractivity contribution >= 4 is 35.0 Å². The number of fused-ring (bicyclic) bond motifs is 1. The molecule has 42 heavy (non-hydrogen) atoms. The van der Waals surface area contributed by atoms with Crippen molar-refractivity contribution in [3.8, 4) is 5.75 Å². The molecule has 0 bridgehead atoms. The zero-order chi connectivity index (χ0) is 29.2. The highest BCUT2D eigenvalue weighted by molar-refractivity contribution is 6.03. The van der Waals surface area contributed by atoms with Gasteiger partial charge in [-0.15, -0.1) is 0 Å². The second-order valence-electron chi connectivity index (χ2n) is 12.2. The van der Waals surface area contributed by atoms with E-state index in [0.29, 0.717) is 46.9 Å². The van der Waals surface area contributed by atoms with E-state index < -0.39 is 0 Å². The number of carbonyl (C=O) groups excluding carboxylic acids is 2. The predicted octanol–water partition coefficient (Wildman–Crippen LogP) is 3.46. The summed E-state index contributed by atoms with van der Waals surface area (Å²) in [7, 11) is 3.31. The topological polar surface area (TPSA) is 115 Å². The molecule has 2 aromatic rings. The van der Waals surface area contributed by atoms with Gasteiger partial charge in [0.25, 0.3) is 5.91 Å². The molecule has 1 saturated heterocycles. The lowest BCUT2D eigenvalue weighted by molar-refractivity contribution is -0.119. The molecular formula is C31H44N8O3. The van der Waals surface area contributed by atoms with Gasteiger partial charge in [0.15, 0.2) is 5.82 Å². The molecule has 226 valence electrons. The monoisotopic (exact) mass is 576 g/mol. The number of likely N-dealkylation sites (N-methyl/N-ethyl adjacent to an activating group) is 1. The lowest BCUT2D eigenvalue weighted by Gasteiger charge is -2.42. The van der Waals surface area contributed by atoms with Crippen LogP contribution < -0.4 is 25.6 Å². The number of anilines is 4. The molecule has 2 saturated carbocycles. The van der Waals surface area contributed by atoms with Gasteiger partial charge in [-0.2, -0.15) is 4.98 Å². The first-order chi connectivity index (χ1) is 20.4. The largest absolute Gasteiger partial charge is 0.495 e. The summed E-state index contributed by atoms with van der Waals surface area (Å²) in [4.78, 5) is 41.5. The average molecular weight is 577 g/mol. The maximum Gasteiger partial charge on any atom is 0.251 e. The van der Waals surface area contributed by atoms with Crippen molar-refractivity contribution in [2.45, 2.75) is 70.0 Å². The Hall–Kier alpha value is -3.44. The van der Waals surface area contributed by atoms with Gasteiger partial charge in [-0.1, -0.05) is 6.92 Å². The van der Waals surface area contributed by atoms with Gasteiger partial charge in [-0.05, 0) is 69.1 Å². The van der Waals surface area contributed by atoms with E-state index in [1.807, 2.05) is 13.0 Å².